The molecule has 4 nitrogen and oxygen atoms in total. The molecule has 1 N–H and O–H groups in total. The van der Waals surface area contributed by atoms with E-state index in [0.717, 1.165) is 5.69 Å². The summed E-state index contributed by atoms with van der Waals surface area (Å²) in [5, 5.41) is 17.9. The number of benzene rings is 1. The summed E-state index contributed by atoms with van der Waals surface area (Å²) in [5.41, 5.74) is 1.78. The van der Waals surface area contributed by atoms with Crippen LogP contribution in [0, 0.1) is 23.7 Å². The number of nitrogens with zero attached hydrogens (tertiary/aromatic N) is 2. The minimum atomic E-state index is -0.804. The molecule has 0 unspecified atom stereocenters. The predicted octanol–water partition coefficient (Wildman–Crippen LogP) is 3.22. The first-order valence-corrected chi connectivity index (χ1v) is 6.79. The fourth-order valence-electron chi connectivity index (χ4n) is 1.83. The quantitative estimate of drug-likeness (QED) is 0.829. The first-order valence-electron chi connectivity index (χ1n) is 6.79. The van der Waals surface area contributed by atoms with Gasteiger partial charge in [0.15, 0.2) is 0 Å². The zero-order valence-electron chi connectivity index (χ0n) is 12.4. The molecule has 0 aliphatic heterocycles. The van der Waals surface area contributed by atoms with Gasteiger partial charge >= 0.3 is 5.97 Å². The second-order valence-electron chi connectivity index (χ2n) is 5.71. The van der Waals surface area contributed by atoms with Crippen molar-refractivity contribution in [3.63, 3.8) is 0 Å². The van der Waals surface area contributed by atoms with Crippen molar-refractivity contribution in [3.8, 4) is 6.07 Å². The van der Waals surface area contributed by atoms with Gasteiger partial charge in [0.2, 0.25) is 0 Å². The van der Waals surface area contributed by atoms with E-state index < -0.39 is 11.4 Å². The Bertz CT molecular complexity index is 486. The van der Waals surface area contributed by atoms with Crippen molar-refractivity contribution in [3.05, 3.63) is 29.8 Å². The molecule has 0 saturated heterocycles. The van der Waals surface area contributed by atoms with E-state index in [4.69, 9.17) is 10.4 Å². The van der Waals surface area contributed by atoms with Crippen LogP contribution in [-0.2, 0) is 4.79 Å². The van der Waals surface area contributed by atoms with E-state index in [0.29, 0.717) is 19.5 Å². The molecule has 0 saturated carbocycles. The number of aliphatic carboxylic acids is 1. The molecular weight excluding hydrogens is 252 g/mol. The van der Waals surface area contributed by atoms with Crippen LogP contribution in [0.5, 0.6) is 0 Å². The van der Waals surface area contributed by atoms with Crippen LogP contribution in [0.15, 0.2) is 24.3 Å². The second kappa shape index (κ2) is 6.95. The molecule has 0 aromatic heterocycles. The van der Waals surface area contributed by atoms with Gasteiger partial charge in [0.25, 0.3) is 0 Å². The van der Waals surface area contributed by atoms with Crippen molar-refractivity contribution in [2.75, 3.05) is 18.0 Å². The van der Waals surface area contributed by atoms with E-state index in [-0.39, 0.29) is 6.42 Å². The molecule has 0 spiro atoms. The van der Waals surface area contributed by atoms with Crippen LogP contribution < -0.4 is 4.90 Å². The third kappa shape index (κ3) is 5.31. The SMILES string of the molecule is Cc1ccc(N(CCC(=O)O)CCC(C)(C)C#N)cc1. The first kappa shape index (κ1) is 16.0. The Hall–Kier alpha value is -2.02. The van der Waals surface area contributed by atoms with Gasteiger partial charge in [0.05, 0.1) is 17.9 Å². The van der Waals surface area contributed by atoms with Crippen LogP contribution in [-0.4, -0.2) is 24.2 Å². The molecule has 20 heavy (non-hydrogen) atoms. The monoisotopic (exact) mass is 274 g/mol. The Morgan fingerprint density at radius 2 is 1.90 bits per heavy atom. The topological polar surface area (TPSA) is 64.3 Å². The Kier molecular flexibility index (Phi) is 5.57. The summed E-state index contributed by atoms with van der Waals surface area (Å²) in [4.78, 5) is 12.8. The van der Waals surface area contributed by atoms with Gasteiger partial charge < -0.3 is 10.0 Å². The number of carboxylic acids is 1. The molecule has 0 amide bonds. The number of rotatable bonds is 7. The first-order chi connectivity index (χ1) is 9.34. The largest absolute Gasteiger partial charge is 0.481 e. The van der Waals surface area contributed by atoms with Crippen molar-refractivity contribution in [2.24, 2.45) is 5.41 Å². The zero-order chi connectivity index (χ0) is 15.2. The van der Waals surface area contributed by atoms with E-state index in [1.54, 1.807) is 0 Å². The van der Waals surface area contributed by atoms with Gasteiger partial charge in [-0.3, -0.25) is 4.79 Å². The van der Waals surface area contributed by atoms with Gasteiger partial charge in [-0.2, -0.15) is 5.26 Å². The Morgan fingerprint density at radius 3 is 2.40 bits per heavy atom. The molecule has 1 aromatic carbocycles. The second-order valence-corrected chi connectivity index (χ2v) is 5.71. The fourth-order valence-corrected chi connectivity index (χ4v) is 1.83. The Morgan fingerprint density at radius 1 is 1.30 bits per heavy atom. The fraction of sp³-hybridized carbons (Fsp3) is 0.500. The number of nitriles is 1. The van der Waals surface area contributed by atoms with Gasteiger partial charge in [0, 0.05) is 18.8 Å². The molecule has 0 radical (unpaired) electrons. The van der Waals surface area contributed by atoms with E-state index in [2.05, 4.69) is 6.07 Å². The highest BCUT2D eigenvalue weighted by Crippen LogP contribution is 2.22. The summed E-state index contributed by atoms with van der Waals surface area (Å²) in [6, 6.07) is 10.3. The zero-order valence-corrected chi connectivity index (χ0v) is 12.4. The van der Waals surface area contributed by atoms with Crippen LogP contribution in [0.4, 0.5) is 5.69 Å². The summed E-state index contributed by atoms with van der Waals surface area (Å²) in [6.45, 7) is 6.95. The molecule has 1 aromatic rings. The lowest BCUT2D eigenvalue weighted by Gasteiger charge is -2.27. The molecule has 0 aliphatic rings. The summed E-state index contributed by atoms with van der Waals surface area (Å²) in [6.07, 6.45) is 0.803. The van der Waals surface area contributed by atoms with Crippen molar-refractivity contribution in [2.45, 2.75) is 33.6 Å². The molecule has 1 rings (SSSR count). The highest BCUT2D eigenvalue weighted by molar-refractivity contribution is 5.67. The highest BCUT2D eigenvalue weighted by Gasteiger charge is 2.19. The van der Waals surface area contributed by atoms with E-state index in [1.165, 1.54) is 5.56 Å². The molecule has 4 heteroatoms. The molecule has 108 valence electrons. The van der Waals surface area contributed by atoms with Crippen LogP contribution in [0.1, 0.15) is 32.3 Å². The van der Waals surface area contributed by atoms with E-state index in [9.17, 15) is 4.79 Å². The van der Waals surface area contributed by atoms with Crippen LogP contribution in [0.3, 0.4) is 0 Å². The van der Waals surface area contributed by atoms with Crippen LogP contribution in [0.25, 0.3) is 0 Å². The van der Waals surface area contributed by atoms with Gasteiger partial charge in [-0.15, -0.1) is 0 Å². The summed E-state index contributed by atoms with van der Waals surface area (Å²) in [7, 11) is 0. The van der Waals surface area contributed by atoms with Crippen LogP contribution in [0.2, 0.25) is 0 Å². The van der Waals surface area contributed by atoms with Crippen molar-refractivity contribution in [1.29, 1.82) is 5.26 Å². The maximum absolute atomic E-state index is 10.8. The van der Waals surface area contributed by atoms with Gasteiger partial charge in [-0.25, -0.2) is 0 Å². The lowest BCUT2D eigenvalue weighted by molar-refractivity contribution is -0.136. The number of hydrogen-bond donors (Lipinski definition) is 1. The normalized spacial score (nSPS) is 10.9. The minimum Gasteiger partial charge on any atom is -0.481 e. The average Bonchev–Trinajstić information content (AvgIpc) is 2.40. The molecule has 0 atom stereocenters. The third-order valence-corrected chi connectivity index (χ3v) is 3.30. The van der Waals surface area contributed by atoms with Crippen molar-refractivity contribution < 1.29 is 9.90 Å². The molecule has 0 fully saturated rings. The van der Waals surface area contributed by atoms with Crippen molar-refractivity contribution >= 4 is 11.7 Å². The van der Waals surface area contributed by atoms with Gasteiger partial charge in [0.1, 0.15) is 0 Å². The molecular formula is C16H22N2O2. The average molecular weight is 274 g/mol. The number of carboxylic acid groups (broad SMARTS) is 1. The lowest BCUT2D eigenvalue weighted by Crippen LogP contribution is -2.30. The third-order valence-electron chi connectivity index (χ3n) is 3.30. The maximum Gasteiger partial charge on any atom is 0.305 e. The predicted molar refractivity (Wildman–Crippen MR) is 79.7 cm³/mol. The van der Waals surface area contributed by atoms with Crippen molar-refractivity contribution in [1.82, 2.24) is 0 Å². The Labute approximate surface area is 120 Å². The standard InChI is InChI=1S/C16H22N2O2/c1-13-4-6-14(7-5-13)18(10-8-15(19)20)11-9-16(2,3)12-17/h4-7H,8-11H2,1-3H3,(H,19,20). The van der Waals surface area contributed by atoms with E-state index >= 15 is 0 Å². The minimum absolute atomic E-state index is 0.0981. The lowest BCUT2D eigenvalue weighted by atomic mass is 9.91. The van der Waals surface area contributed by atoms with E-state index in [1.807, 2.05) is 49.9 Å². The summed E-state index contributed by atoms with van der Waals surface area (Å²) in [5.74, 6) is -0.804. The Balaban J connectivity index is 2.77. The van der Waals surface area contributed by atoms with Gasteiger partial charge in [-0.05, 0) is 39.3 Å². The number of aryl methyl sites for hydroxylation is 1. The van der Waals surface area contributed by atoms with Gasteiger partial charge in [-0.1, -0.05) is 17.7 Å². The molecule has 0 aliphatic carbocycles. The molecule has 0 bridgehead atoms. The molecule has 0 heterocycles. The number of anilines is 1. The smallest absolute Gasteiger partial charge is 0.305 e. The highest BCUT2D eigenvalue weighted by atomic mass is 16.4. The maximum atomic E-state index is 10.8. The summed E-state index contributed by atoms with van der Waals surface area (Å²) >= 11 is 0. The van der Waals surface area contributed by atoms with Crippen LogP contribution >= 0.6 is 0 Å². The number of hydrogen-bond acceptors (Lipinski definition) is 3. The number of carbonyl (C=O) groups is 1. The summed E-state index contributed by atoms with van der Waals surface area (Å²) < 4.78 is 0.